The van der Waals surface area contributed by atoms with Crippen LogP contribution in [0.3, 0.4) is 0 Å². The molecule has 8 nitrogen and oxygen atoms in total. The Kier molecular flexibility index (Phi) is 5.35. The zero-order chi connectivity index (χ0) is 20.4. The Labute approximate surface area is 167 Å². The molecule has 4 rings (SSSR count). The molecular formula is C17H17F3N6O2S. The van der Waals surface area contributed by atoms with Crippen molar-refractivity contribution in [2.75, 3.05) is 5.32 Å². The molecule has 1 saturated carbocycles. The molecular weight excluding hydrogens is 409 g/mol. The minimum absolute atomic E-state index is 0.114. The minimum atomic E-state index is -4.75. The first-order valence-electron chi connectivity index (χ1n) is 9.04. The Balaban J connectivity index is 1.34. The highest BCUT2D eigenvalue weighted by molar-refractivity contribution is 7.22. The Morgan fingerprint density at radius 3 is 2.76 bits per heavy atom. The monoisotopic (exact) mass is 426 g/mol. The van der Waals surface area contributed by atoms with E-state index in [4.69, 9.17) is 0 Å². The second-order valence-electron chi connectivity index (χ2n) is 6.94. The topological polar surface area (TPSA) is 94.8 Å². The lowest BCUT2D eigenvalue weighted by Gasteiger charge is -2.27. The number of aromatic nitrogens is 5. The van der Waals surface area contributed by atoms with Crippen molar-refractivity contribution >= 4 is 32.6 Å². The van der Waals surface area contributed by atoms with Gasteiger partial charge in [-0.05, 0) is 54.2 Å². The van der Waals surface area contributed by atoms with E-state index in [-0.39, 0.29) is 17.6 Å². The zero-order valence-electron chi connectivity index (χ0n) is 15.1. The molecule has 12 heteroatoms. The number of hydrogen-bond donors (Lipinski definition) is 1. The lowest BCUT2D eigenvalue weighted by molar-refractivity contribution is -0.274. The Hall–Kier alpha value is -2.76. The van der Waals surface area contributed by atoms with E-state index >= 15 is 0 Å². The third kappa shape index (κ3) is 5.00. The molecule has 1 aromatic carbocycles. The number of anilines is 1. The number of rotatable bonds is 5. The molecule has 0 bridgehead atoms. The number of halogens is 3. The number of ether oxygens (including phenoxy) is 1. The molecule has 2 heterocycles. The third-order valence-electron chi connectivity index (χ3n) is 4.88. The highest BCUT2D eigenvalue weighted by Gasteiger charge is 2.31. The van der Waals surface area contributed by atoms with Crippen LogP contribution < -0.4 is 10.1 Å². The predicted octanol–water partition coefficient (Wildman–Crippen LogP) is 3.63. The standard InChI is InChI=1S/C17H17F3N6O2S/c18-17(19,20)28-12-5-6-13-14(7-12)29-16(22-13)23-15(27)11-3-1-10(2-4-11)8-26-9-21-24-25-26/h5-7,9-11H,1-4,8H2,(H,22,23,27). The van der Waals surface area contributed by atoms with Crippen LogP contribution in [0.25, 0.3) is 10.2 Å². The number of nitrogens with one attached hydrogen (secondary N) is 1. The summed E-state index contributed by atoms with van der Waals surface area (Å²) in [6.07, 6.45) is 0.141. The van der Waals surface area contributed by atoms with Gasteiger partial charge in [0, 0.05) is 18.5 Å². The van der Waals surface area contributed by atoms with E-state index < -0.39 is 6.36 Å². The molecule has 154 valence electrons. The second kappa shape index (κ2) is 7.93. The van der Waals surface area contributed by atoms with Crippen molar-refractivity contribution in [2.24, 2.45) is 11.8 Å². The van der Waals surface area contributed by atoms with Gasteiger partial charge in [0.25, 0.3) is 0 Å². The fourth-order valence-corrected chi connectivity index (χ4v) is 4.40. The molecule has 0 radical (unpaired) electrons. The predicted molar refractivity (Wildman–Crippen MR) is 98.2 cm³/mol. The van der Waals surface area contributed by atoms with Gasteiger partial charge >= 0.3 is 6.36 Å². The van der Waals surface area contributed by atoms with Gasteiger partial charge < -0.3 is 10.1 Å². The quantitative estimate of drug-likeness (QED) is 0.670. The first kappa shape index (κ1) is 19.6. The number of carbonyl (C=O) groups excluding carboxylic acids is 1. The molecule has 0 spiro atoms. The number of benzene rings is 1. The minimum Gasteiger partial charge on any atom is -0.406 e. The Morgan fingerprint density at radius 1 is 1.28 bits per heavy atom. The van der Waals surface area contributed by atoms with E-state index in [0.717, 1.165) is 43.6 Å². The van der Waals surface area contributed by atoms with Gasteiger partial charge in [-0.1, -0.05) is 11.3 Å². The number of alkyl halides is 3. The number of amides is 1. The van der Waals surface area contributed by atoms with Crippen LogP contribution in [0.1, 0.15) is 25.7 Å². The summed E-state index contributed by atoms with van der Waals surface area (Å²) in [5.74, 6) is -0.113. The molecule has 2 aromatic heterocycles. The summed E-state index contributed by atoms with van der Waals surface area (Å²) in [5.41, 5.74) is 0.505. The molecule has 0 atom stereocenters. The molecule has 0 unspecified atom stereocenters. The van der Waals surface area contributed by atoms with Gasteiger partial charge in [0.05, 0.1) is 10.2 Å². The van der Waals surface area contributed by atoms with Gasteiger partial charge in [-0.25, -0.2) is 9.67 Å². The van der Waals surface area contributed by atoms with Crippen molar-refractivity contribution in [1.82, 2.24) is 25.2 Å². The summed E-state index contributed by atoms with van der Waals surface area (Å²) >= 11 is 1.12. The molecule has 1 aliphatic carbocycles. The van der Waals surface area contributed by atoms with Gasteiger partial charge in [-0.2, -0.15) is 0 Å². The number of nitrogens with zero attached hydrogens (tertiary/aromatic N) is 5. The zero-order valence-corrected chi connectivity index (χ0v) is 15.9. The van der Waals surface area contributed by atoms with E-state index in [1.54, 1.807) is 11.0 Å². The van der Waals surface area contributed by atoms with E-state index in [2.05, 4.69) is 30.6 Å². The molecule has 1 amide bonds. The fourth-order valence-electron chi connectivity index (χ4n) is 3.50. The molecule has 0 aliphatic heterocycles. The fraction of sp³-hybridized carbons (Fsp3) is 0.471. The average molecular weight is 426 g/mol. The van der Waals surface area contributed by atoms with Crippen LogP contribution in [-0.2, 0) is 11.3 Å². The summed E-state index contributed by atoms with van der Waals surface area (Å²) in [6.45, 7) is 0.738. The maximum atomic E-state index is 12.6. The summed E-state index contributed by atoms with van der Waals surface area (Å²) in [6, 6.07) is 3.90. The summed E-state index contributed by atoms with van der Waals surface area (Å²) in [7, 11) is 0. The van der Waals surface area contributed by atoms with Crippen molar-refractivity contribution < 1.29 is 22.7 Å². The normalized spacial score (nSPS) is 20.0. The molecule has 3 aromatic rings. The van der Waals surface area contributed by atoms with Crippen molar-refractivity contribution in [2.45, 2.75) is 38.6 Å². The van der Waals surface area contributed by atoms with E-state index in [1.807, 2.05) is 0 Å². The van der Waals surface area contributed by atoms with Crippen LogP contribution >= 0.6 is 11.3 Å². The highest BCUT2D eigenvalue weighted by Crippen LogP contribution is 2.34. The van der Waals surface area contributed by atoms with Gasteiger partial charge in [0.1, 0.15) is 12.1 Å². The van der Waals surface area contributed by atoms with Crippen LogP contribution in [0.5, 0.6) is 5.75 Å². The van der Waals surface area contributed by atoms with Crippen molar-refractivity contribution in [3.05, 3.63) is 24.5 Å². The molecule has 1 aliphatic rings. The van der Waals surface area contributed by atoms with Crippen LogP contribution in [0.2, 0.25) is 0 Å². The maximum absolute atomic E-state index is 12.6. The number of thiazole rings is 1. The Morgan fingerprint density at radius 2 is 2.07 bits per heavy atom. The first-order chi connectivity index (χ1) is 13.9. The first-order valence-corrected chi connectivity index (χ1v) is 9.85. The Bertz CT molecular complexity index is 983. The maximum Gasteiger partial charge on any atom is 0.573 e. The van der Waals surface area contributed by atoms with E-state index in [0.29, 0.717) is 21.3 Å². The number of fused-ring (bicyclic) bond motifs is 1. The smallest absolute Gasteiger partial charge is 0.406 e. The summed E-state index contributed by atoms with van der Waals surface area (Å²) in [5, 5.41) is 14.3. The lowest BCUT2D eigenvalue weighted by Crippen LogP contribution is -2.28. The van der Waals surface area contributed by atoms with Crippen LogP contribution in [0.4, 0.5) is 18.3 Å². The van der Waals surface area contributed by atoms with Crippen LogP contribution in [-0.4, -0.2) is 37.5 Å². The molecule has 0 saturated heterocycles. The third-order valence-corrected chi connectivity index (χ3v) is 5.81. The molecule has 29 heavy (non-hydrogen) atoms. The SMILES string of the molecule is O=C(Nc1nc2ccc(OC(F)(F)F)cc2s1)C1CCC(Cn2cnnn2)CC1. The average Bonchev–Trinajstić information content (AvgIpc) is 3.29. The highest BCUT2D eigenvalue weighted by atomic mass is 32.1. The van der Waals surface area contributed by atoms with Crippen LogP contribution in [0.15, 0.2) is 24.5 Å². The van der Waals surface area contributed by atoms with Crippen LogP contribution in [0, 0.1) is 11.8 Å². The van der Waals surface area contributed by atoms with Crippen molar-refractivity contribution in [1.29, 1.82) is 0 Å². The summed E-state index contributed by atoms with van der Waals surface area (Å²) in [4.78, 5) is 16.8. The van der Waals surface area contributed by atoms with E-state index in [9.17, 15) is 18.0 Å². The second-order valence-corrected chi connectivity index (χ2v) is 7.97. The van der Waals surface area contributed by atoms with E-state index in [1.165, 1.54) is 18.2 Å². The van der Waals surface area contributed by atoms with Gasteiger partial charge in [0.2, 0.25) is 5.91 Å². The largest absolute Gasteiger partial charge is 0.573 e. The lowest BCUT2D eigenvalue weighted by atomic mass is 9.81. The number of carbonyl (C=O) groups is 1. The van der Waals surface area contributed by atoms with Gasteiger partial charge in [0.15, 0.2) is 5.13 Å². The number of hydrogen-bond acceptors (Lipinski definition) is 7. The van der Waals surface area contributed by atoms with Gasteiger partial charge in [-0.15, -0.1) is 18.3 Å². The molecule has 1 fully saturated rings. The molecule has 1 N–H and O–H groups in total. The number of tetrazole rings is 1. The van der Waals surface area contributed by atoms with Crippen molar-refractivity contribution in [3.8, 4) is 5.75 Å². The van der Waals surface area contributed by atoms with Crippen molar-refractivity contribution in [3.63, 3.8) is 0 Å². The van der Waals surface area contributed by atoms with Gasteiger partial charge in [-0.3, -0.25) is 4.79 Å². The summed E-state index contributed by atoms with van der Waals surface area (Å²) < 4.78 is 43.2.